The summed E-state index contributed by atoms with van der Waals surface area (Å²) in [6, 6.07) is 0. The summed E-state index contributed by atoms with van der Waals surface area (Å²) in [5, 5.41) is 7.67. The molecule has 0 saturated carbocycles. The Kier molecular flexibility index (Phi) is 3.16. The number of nitrogens with one attached hydrogen (secondary N) is 1. The quantitative estimate of drug-likeness (QED) is 0.836. The fraction of sp³-hybridized carbons (Fsp3) is 0.769. The molecule has 1 unspecified atom stereocenters. The van der Waals surface area contributed by atoms with E-state index >= 15 is 0 Å². The summed E-state index contributed by atoms with van der Waals surface area (Å²) >= 11 is 0. The van der Waals surface area contributed by atoms with Crippen LogP contribution in [0.3, 0.4) is 0 Å². The van der Waals surface area contributed by atoms with Crippen LogP contribution in [-0.4, -0.2) is 36.2 Å². The molecule has 4 heteroatoms. The molecule has 17 heavy (non-hydrogen) atoms. The molecule has 3 rings (SSSR count). The van der Waals surface area contributed by atoms with Crippen molar-refractivity contribution in [3.05, 3.63) is 17.0 Å². The number of aromatic nitrogens is 1. The van der Waals surface area contributed by atoms with Crippen molar-refractivity contribution < 1.29 is 4.52 Å². The van der Waals surface area contributed by atoms with Gasteiger partial charge < -0.3 is 9.84 Å². The summed E-state index contributed by atoms with van der Waals surface area (Å²) in [4.78, 5) is 2.47. The van der Waals surface area contributed by atoms with E-state index in [0.717, 1.165) is 57.2 Å². The lowest BCUT2D eigenvalue weighted by atomic mass is 9.88. The third kappa shape index (κ3) is 2.38. The lowest BCUT2D eigenvalue weighted by Crippen LogP contribution is -2.43. The Morgan fingerprint density at radius 1 is 1.41 bits per heavy atom. The highest BCUT2D eigenvalue weighted by molar-refractivity contribution is 5.26. The average molecular weight is 235 g/mol. The van der Waals surface area contributed by atoms with Crippen LogP contribution in [0, 0.1) is 5.92 Å². The molecule has 1 aromatic rings. The van der Waals surface area contributed by atoms with E-state index in [1.807, 2.05) is 0 Å². The first-order chi connectivity index (χ1) is 8.33. The number of fused-ring (bicyclic) bond motifs is 1. The Morgan fingerprint density at radius 2 is 2.24 bits per heavy atom. The minimum Gasteiger partial charge on any atom is -0.361 e. The van der Waals surface area contributed by atoms with Crippen molar-refractivity contribution in [3.63, 3.8) is 0 Å². The van der Waals surface area contributed by atoms with Crippen LogP contribution in [0.25, 0.3) is 0 Å². The first-order valence-corrected chi connectivity index (χ1v) is 6.72. The Labute approximate surface area is 102 Å². The lowest BCUT2D eigenvalue weighted by molar-refractivity contribution is 0.226. The number of aryl methyl sites for hydroxylation is 1. The van der Waals surface area contributed by atoms with Gasteiger partial charge in [-0.1, -0.05) is 12.1 Å². The maximum absolute atomic E-state index is 5.48. The van der Waals surface area contributed by atoms with Gasteiger partial charge in [0.25, 0.3) is 0 Å². The molecule has 0 amide bonds. The highest BCUT2D eigenvalue weighted by Crippen LogP contribution is 2.28. The Balaban J connectivity index is 1.72. The second-order valence-electron chi connectivity index (χ2n) is 5.41. The molecule has 2 heterocycles. The fourth-order valence-electron chi connectivity index (χ4n) is 2.84. The molecule has 1 aromatic heterocycles. The molecule has 1 aliphatic heterocycles. The number of hydrogen-bond acceptors (Lipinski definition) is 4. The third-order valence-corrected chi connectivity index (χ3v) is 3.95. The van der Waals surface area contributed by atoms with Crippen molar-refractivity contribution >= 4 is 0 Å². The van der Waals surface area contributed by atoms with Crippen LogP contribution >= 0.6 is 0 Å². The zero-order valence-electron chi connectivity index (χ0n) is 10.5. The van der Waals surface area contributed by atoms with Crippen molar-refractivity contribution in [2.45, 2.75) is 32.7 Å². The van der Waals surface area contributed by atoms with Gasteiger partial charge >= 0.3 is 0 Å². The number of hydrogen-bond donors (Lipinski definition) is 1. The van der Waals surface area contributed by atoms with E-state index in [9.17, 15) is 0 Å². The summed E-state index contributed by atoms with van der Waals surface area (Å²) in [5.41, 5.74) is 2.59. The van der Waals surface area contributed by atoms with Gasteiger partial charge in [-0.2, -0.15) is 0 Å². The number of nitrogens with zero attached hydrogens (tertiary/aromatic N) is 2. The van der Waals surface area contributed by atoms with Crippen LogP contribution in [0.2, 0.25) is 0 Å². The second kappa shape index (κ2) is 4.78. The molecule has 1 saturated heterocycles. The molecule has 0 spiro atoms. The van der Waals surface area contributed by atoms with Crippen molar-refractivity contribution in [2.75, 3.05) is 26.2 Å². The van der Waals surface area contributed by atoms with Crippen LogP contribution in [0.1, 0.15) is 30.4 Å². The fourth-order valence-corrected chi connectivity index (χ4v) is 2.84. The normalized spacial score (nSPS) is 25.8. The topological polar surface area (TPSA) is 41.3 Å². The van der Waals surface area contributed by atoms with E-state index in [2.05, 4.69) is 22.3 Å². The van der Waals surface area contributed by atoms with Gasteiger partial charge in [-0.25, -0.2) is 0 Å². The molecular formula is C13H21N3O. The largest absolute Gasteiger partial charge is 0.361 e. The molecule has 1 fully saturated rings. The van der Waals surface area contributed by atoms with Crippen molar-refractivity contribution in [2.24, 2.45) is 5.92 Å². The molecule has 4 nitrogen and oxygen atoms in total. The summed E-state index contributed by atoms with van der Waals surface area (Å²) in [6.07, 6.45) is 3.47. The predicted molar refractivity (Wildman–Crippen MR) is 65.8 cm³/mol. The van der Waals surface area contributed by atoms with Crippen molar-refractivity contribution in [3.8, 4) is 0 Å². The van der Waals surface area contributed by atoms with Crippen LogP contribution in [0.15, 0.2) is 4.52 Å². The third-order valence-electron chi connectivity index (χ3n) is 3.95. The standard InChI is InChI=1S/C13H21N3O/c1-10-2-3-13-11(8-10)12(15-17-13)9-16-6-4-14-5-7-16/h10,14H,2-9H2,1H3. The molecule has 1 aliphatic carbocycles. The van der Waals surface area contributed by atoms with Crippen molar-refractivity contribution in [1.29, 1.82) is 0 Å². The Hall–Kier alpha value is -0.870. The van der Waals surface area contributed by atoms with Crippen LogP contribution < -0.4 is 5.32 Å². The molecular weight excluding hydrogens is 214 g/mol. The van der Waals surface area contributed by atoms with Gasteiger partial charge in [0, 0.05) is 44.7 Å². The monoisotopic (exact) mass is 235 g/mol. The van der Waals surface area contributed by atoms with E-state index in [4.69, 9.17) is 4.52 Å². The number of rotatable bonds is 2. The first kappa shape index (κ1) is 11.2. The smallest absolute Gasteiger partial charge is 0.140 e. The van der Waals surface area contributed by atoms with Gasteiger partial charge in [0.2, 0.25) is 0 Å². The molecule has 1 atom stereocenters. The van der Waals surface area contributed by atoms with E-state index in [1.165, 1.54) is 17.7 Å². The summed E-state index contributed by atoms with van der Waals surface area (Å²) in [6.45, 7) is 7.72. The first-order valence-electron chi connectivity index (χ1n) is 6.72. The predicted octanol–water partition coefficient (Wildman–Crippen LogP) is 1.20. The second-order valence-corrected chi connectivity index (χ2v) is 5.41. The minimum atomic E-state index is 0.781. The SMILES string of the molecule is CC1CCc2onc(CN3CCNCC3)c2C1. The lowest BCUT2D eigenvalue weighted by Gasteiger charge is -2.27. The van der Waals surface area contributed by atoms with Gasteiger partial charge in [-0.3, -0.25) is 4.90 Å². The molecule has 1 N–H and O–H groups in total. The molecule has 0 radical (unpaired) electrons. The number of piperazine rings is 1. The Morgan fingerprint density at radius 3 is 3.06 bits per heavy atom. The van der Waals surface area contributed by atoms with Gasteiger partial charge in [0.05, 0.1) is 0 Å². The molecule has 0 aromatic carbocycles. The van der Waals surface area contributed by atoms with Gasteiger partial charge in [0.15, 0.2) is 0 Å². The molecule has 2 aliphatic rings. The zero-order valence-corrected chi connectivity index (χ0v) is 10.5. The highest BCUT2D eigenvalue weighted by atomic mass is 16.5. The van der Waals surface area contributed by atoms with E-state index < -0.39 is 0 Å². The summed E-state index contributed by atoms with van der Waals surface area (Å²) in [7, 11) is 0. The van der Waals surface area contributed by atoms with Gasteiger partial charge in [-0.05, 0) is 18.8 Å². The van der Waals surface area contributed by atoms with E-state index in [1.54, 1.807) is 0 Å². The van der Waals surface area contributed by atoms with E-state index in [0.29, 0.717) is 0 Å². The van der Waals surface area contributed by atoms with Gasteiger partial charge in [0.1, 0.15) is 11.5 Å². The van der Waals surface area contributed by atoms with E-state index in [-0.39, 0.29) is 0 Å². The molecule has 0 bridgehead atoms. The Bertz CT molecular complexity index is 382. The highest BCUT2D eigenvalue weighted by Gasteiger charge is 2.24. The van der Waals surface area contributed by atoms with Gasteiger partial charge in [-0.15, -0.1) is 0 Å². The summed E-state index contributed by atoms with van der Waals surface area (Å²) in [5.74, 6) is 1.93. The van der Waals surface area contributed by atoms with Crippen LogP contribution in [0.4, 0.5) is 0 Å². The average Bonchev–Trinajstić information content (AvgIpc) is 2.73. The minimum absolute atomic E-state index is 0.781. The maximum Gasteiger partial charge on any atom is 0.140 e. The summed E-state index contributed by atoms with van der Waals surface area (Å²) < 4.78 is 5.48. The molecule has 94 valence electrons. The van der Waals surface area contributed by atoms with Crippen LogP contribution in [-0.2, 0) is 19.4 Å². The maximum atomic E-state index is 5.48. The van der Waals surface area contributed by atoms with Crippen LogP contribution in [0.5, 0.6) is 0 Å². The zero-order chi connectivity index (χ0) is 11.7. The van der Waals surface area contributed by atoms with Crippen molar-refractivity contribution in [1.82, 2.24) is 15.4 Å².